The van der Waals surface area contributed by atoms with Crippen LogP contribution in [0.25, 0.3) is 10.2 Å². The van der Waals surface area contributed by atoms with Gasteiger partial charge in [-0.3, -0.25) is 4.79 Å². The van der Waals surface area contributed by atoms with Gasteiger partial charge >= 0.3 is 0 Å². The third kappa shape index (κ3) is 5.14. The van der Waals surface area contributed by atoms with Gasteiger partial charge in [-0.15, -0.1) is 11.3 Å². The van der Waals surface area contributed by atoms with E-state index in [0.29, 0.717) is 42.0 Å². The average molecular weight is 457 g/mol. The lowest BCUT2D eigenvalue weighted by Crippen LogP contribution is -2.26. The van der Waals surface area contributed by atoms with Crippen LogP contribution in [-0.2, 0) is 4.74 Å². The molecular weight excluding hydrogens is 428 g/mol. The molecule has 9 nitrogen and oxygen atoms in total. The Bertz CT molecular complexity index is 1080. The van der Waals surface area contributed by atoms with E-state index in [1.807, 2.05) is 33.2 Å². The summed E-state index contributed by atoms with van der Waals surface area (Å²) in [6, 6.07) is 3.73. The van der Waals surface area contributed by atoms with Crippen molar-refractivity contribution in [3.05, 3.63) is 35.1 Å². The summed E-state index contributed by atoms with van der Waals surface area (Å²) in [7, 11) is 4.04. The Kier molecular flexibility index (Phi) is 7.13. The van der Waals surface area contributed by atoms with E-state index >= 15 is 0 Å². The minimum absolute atomic E-state index is 0.0125. The zero-order chi connectivity index (χ0) is 22.5. The highest BCUT2D eigenvalue weighted by Gasteiger charge is 2.22. The molecule has 1 aliphatic rings. The van der Waals surface area contributed by atoms with Crippen molar-refractivity contribution < 1.29 is 14.3 Å². The van der Waals surface area contributed by atoms with Crippen LogP contribution < -0.4 is 15.4 Å². The molecule has 0 saturated carbocycles. The number of pyridine rings is 1. The monoisotopic (exact) mass is 456 g/mol. The van der Waals surface area contributed by atoms with Crippen molar-refractivity contribution in [1.82, 2.24) is 25.2 Å². The SMILES string of the molecule is Cc1c(C(=O)NCCCN(C)C)sc2ncnc(Nc3cccnc3O[C@@H]3CCOC3)c12. The molecular formula is C22H28N6O3S. The minimum Gasteiger partial charge on any atom is -0.470 e. The van der Waals surface area contributed by atoms with E-state index in [9.17, 15) is 4.79 Å². The van der Waals surface area contributed by atoms with Crippen LogP contribution in [0.5, 0.6) is 5.88 Å². The van der Waals surface area contributed by atoms with Crippen LogP contribution in [0.4, 0.5) is 11.5 Å². The molecule has 1 saturated heterocycles. The summed E-state index contributed by atoms with van der Waals surface area (Å²) >= 11 is 1.37. The third-order valence-electron chi connectivity index (χ3n) is 5.19. The Hall–Kier alpha value is -2.82. The Morgan fingerprint density at radius 2 is 2.22 bits per heavy atom. The quantitative estimate of drug-likeness (QED) is 0.474. The number of nitrogens with one attached hydrogen (secondary N) is 2. The van der Waals surface area contributed by atoms with Crippen molar-refractivity contribution in [3.8, 4) is 5.88 Å². The van der Waals surface area contributed by atoms with Gasteiger partial charge in [0, 0.05) is 19.2 Å². The van der Waals surface area contributed by atoms with Crippen molar-refractivity contribution in [2.45, 2.75) is 25.9 Å². The second-order valence-corrected chi connectivity index (χ2v) is 8.95. The molecule has 0 bridgehead atoms. The number of hydrogen-bond donors (Lipinski definition) is 2. The first-order chi connectivity index (χ1) is 15.5. The molecule has 3 aromatic rings. The number of carbonyl (C=O) groups excluding carboxylic acids is 1. The van der Waals surface area contributed by atoms with Crippen molar-refractivity contribution in [2.75, 3.05) is 45.7 Å². The van der Waals surface area contributed by atoms with Gasteiger partial charge in [0.1, 0.15) is 28.8 Å². The predicted molar refractivity (Wildman–Crippen MR) is 125 cm³/mol. The predicted octanol–water partition coefficient (Wildman–Crippen LogP) is 2.99. The maximum Gasteiger partial charge on any atom is 0.261 e. The van der Waals surface area contributed by atoms with Gasteiger partial charge in [0.2, 0.25) is 5.88 Å². The number of carbonyl (C=O) groups is 1. The molecule has 4 heterocycles. The van der Waals surface area contributed by atoms with Crippen molar-refractivity contribution >= 4 is 39.0 Å². The number of aryl methyl sites for hydroxylation is 1. The van der Waals surface area contributed by atoms with Crippen molar-refractivity contribution in [3.63, 3.8) is 0 Å². The summed E-state index contributed by atoms with van der Waals surface area (Å²) in [5.41, 5.74) is 1.56. The summed E-state index contributed by atoms with van der Waals surface area (Å²) in [6.45, 7) is 4.74. The van der Waals surface area contributed by atoms with Crippen LogP contribution >= 0.6 is 11.3 Å². The van der Waals surface area contributed by atoms with Gasteiger partial charge in [-0.25, -0.2) is 15.0 Å². The lowest BCUT2D eigenvalue weighted by atomic mass is 10.2. The topological polar surface area (TPSA) is 102 Å². The molecule has 10 heteroatoms. The fraction of sp³-hybridized carbons (Fsp3) is 0.455. The molecule has 170 valence electrons. The molecule has 1 amide bonds. The highest BCUT2D eigenvalue weighted by atomic mass is 32.1. The van der Waals surface area contributed by atoms with E-state index in [4.69, 9.17) is 9.47 Å². The van der Waals surface area contributed by atoms with E-state index in [-0.39, 0.29) is 12.0 Å². The molecule has 3 aromatic heterocycles. The van der Waals surface area contributed by atoms with E-state index in [1.165, 1.54) is 17.7 Å². The first-order valence-electron chi connectivity index (χ1n) is 10.7. The summed E-state index contributed by atoms with van der Waals surface area (Å²) < 4.78 is 11.4. The van der Waals surface area contributed by atoms with Gasteiger partial charge in [-0.1, -0.05) is 0 Å². The standard InChI is InChI=1S/C22H28N6O3S/c1-14-17-19(27-16-6-4-8-24-21(16)31-15-7-11-30-12-15)25-13-26-22(17)32-18(14)20(29)23-9-5-10-28(2)3/h4,6,8,13,15H,5,7,9-12H2,1-3H3,(H,23,29)(H,25,26,27)/t15-/m1/s1. The zero-order valence-electron chi connectivity index (χ0n) is 18.6. The number of hydrogen-bond acceptors (Lipinski definition) is 9. The lowest BCUT2D eigenvalue weighted by molar-refractivity contribution is 0.0956. The summed E-state index contributed by atoms with van der Waals surface area (Å²) in [5.74, 6) is 1.04. The number of anilines is 2. The molecule has 1 fully saturated rings. The molecule has 2 N–H and O–H groups in total. The molecule has 0 spiro atoms. The van der Waals surface area contributed by atoms with Gasteiger partial charge in [-0.05, 0) is 51.7 Å². The number of nitrogens with zero attached hydrogens (tertiary/aromatic N) is 4. The molecule has 32 heavy (non-hydrogen) atoms. The number of ether oxygens (including phenoxy) is 2. The Morgan fingerprint density at radius 3 is 3.00 bits per heavy atom. The number of aromatic nitrogens is 3. The van der Waals surface area contributed by atoms with Gasteiger partial charge < -0.3 is 25.0 Å². The highest BCUT2D eigenvalue weighted by molar-refractivity contribution is 7.20. The van der Waals surface area contributed by atoms with E-state index in [0.717, 1.165) is 35.2 Å². The maximum atomic E-state index is 12.8. The van der Waals surface area contributed by atoms with E-state index in [1.54, 1.807) is 6.20 Å². The van der Waals surface area contributed by atoms with Gasteiger partial charge in [0.15, 0.2) is 0 Å². The smallest absolute Gasteiger partial charge is 0.261 e. The van der Waals surface area contributed by atoms with Crippen molar-refractivity contribution in [1.29, 1.82) is 0 Å². The van der Waals surface area contributed by atoms with Crippen LogP contribution in [0.1, 0.15) is 28.1 Å². The Balaban J connectivity index is 1.55. The molecule has 1 aliphatic heterocycles. The average Bonchev–Trinajstić information content (AvgIpc) is 3.41. The van der Waals surface area contributed by atoms with Gasteiger partial charge in [0.25, 0.3) is 5.91 Å². The second kappa shape index (κ2) is 10.2. The van der Waals surface area contributed by atoms with Crippen molar-refractivity contribution in [2.24, 2.45) is 0 Å². The van der Waals surface area contributed by atoms with Crippen LogP contribution in [0.3, 0.4) is 0 Å². The number of thiophene rings is 1. The first kappa shape index (κ1) is 22.4. The van der Waals surface area contributed by atoms with Crippen LogP contribution in [-0.4, -0.2) is 72.3 Å². The molecule has 1 atom stereocenters. The lowest BCUT2D eigenvalue weighted by Gasteiger charge is -2.15. The zero-order valence-corrected chi connectivity index (χ0v) is 19.4. The normalized spacial score (nSPS) is 15.9. The number of fused-ring (bicyclic) bond motifs is 1. The third-order valence-corrected chi connectivity index (χ3v) is 6.39. The van der Waals surface area contributed by atoms with Crippen LogP contribution in [0.2, 0.25) is 0 Å². The molecule has 4 rings (SSSR count). The summed E-state index contributed by atoms with van der Waals surface area (Å²) in [4.78, 5) is 29.5. The Labute approximate surface area is 191 Å². The molecule has 0 aliphatic carbocycles. The number of rotatable bonds is 9. The van der Waals surface area contributed by atoms with Gasteiger partial charge in [-0.2, -0.15) is 0 Å². The summed E-state index contributed by atoms with van der Waals surface area (Å²) in [5, 5.41) is 7.18. The van der Waals surface area contributed by atoms with Gasteiger partial charge in [0.05, 0.1) is 23.5 Å². The molecule has 0 radical (unpaired) electrons. The largest absolute Gasteiger partial charge is 0.470 e. The fourth-order valence-corrected chi connectivity index (χ4v) is 4.60. The van der Waals surface area contributed by atoms with E-state index in [2.05, 4.69) is 30.5 Å². The van der Waals surface area contributed by atoms with E-state index < -0.39 is 0 Å². The molecule has 0 aromatic carbocycles. The second-order valence-electron chi connectivity index (χ2n) is 7.96. The van der Waals surface area contributed by atoms with Crippen LogP contribution in [0, 0.1) is 6.92 Å². The number of amides is 1. The summed E-state index contributed by atoms with van der Waals surface area (Å²) in [6.07, 6.45) is 4.92. The highest BCUT2D eigenvalue weighted by Crippen LogP contribution is 2.36. The fourth-order valence-electron chi connectivity index (χ4n) is 3.53. The molecule has 0 unspecified atom stereocenters. The first-order valence-corrected chi connectivity index (χ1v) is 11.5. The Morgan fingerprint density at radius 1 is 1.34 bits per heavy atom. The maximum absolute atomic E-state index is 12.8. The van der Waals surface area contributed by atoms with Crippen LogP contribution in [0.15, 0.2) is 24.7 Å². The minimum atomic E-state index is -0.0816.